The molecule has 0 bridgehead atoms. The highest BCUT2D eigenvalue weighted by Crippen LogP contribution is 2.39. The van der Waals surface area contributed by atoms with Crippen molar-refractivity contribution in [1.82, 2.24) is 0 Å². The van der Waals surface area contributed by atoms with Crippen LogP contribution in [0, 0.1) is 5.92 Å². The maximum absolute atomic E-state index is 5.85. The molecule has 2 rings (SSSR count). The molecule has 1 fully saturated rings. The highest BCUT2D eigenvalue weighted by atomic mass is 16.5. The van der Waals surface area contributed by atoms with E-state index in [2.05, 4.69) is 38.1 Å². The molecular formula is C20H32O. The largest absolute Gasteiger partial charge is 0.381 e. The van der Waals surface area contributed by atoms with Crippen LogP contribution >= 0.6 is 0 Å². The van der Waals surface area contributed by atoms with E-state index in [1.54, 1.807) is 0 Å². The predicted octanol–water partition coefficient (Wildman–Crippen LogP) is 5.73. The van der Waals surface area contributed by atoms with E-state index in [0.717, 1.165) is 5.92 Å². The van der Waals surface area contributed by atoms with E-state index in [-0.39, 0.29) is 0 Å². The number of aryl methyl sites for hydroxylation is 1. The maximum atomic E-state index is 5.85. The summed E-state index contributed by atoms with van der Waals surface area (Å²) in [6.07, 6.45) is 10.8. The van der Waals surface area contributed by atoms with E-state index in [0.29, 0.717) is 12.0 Å². The Labute approximate surface area is 131 Å². The van der Waals surface area contributed by atoms with E-state index in [1.165, 1.54) is 62.5 Å². The molecule has 1 nitrogen and oxygen atoms in total. The first-order valence-electron chi connectivity index (χ1n) is 8.90. The smallest absolute Gasteiger partial charge is 0.0642 e. The van der Waals surface area contributed by atoms with Crippen molar-refractivity contribution >= 4 is 0 Å². The van der Waals surface area contributed by atoms with Crippen molar-refractivity contribution in [1.29, 1.82) is 0 Å². The number of unbranched alkanes of at least 4 members (excludes halogenated alkanes) is 1. The fourth-order valence-electron chi connectivity index (χ4n) is 3.83. The summed E-state index contributed by atoms with van der Waals surface area (Å²) < 4.78 is 5.85. The third-order valence-corrected chi connectivity index (χ3v) is 5.12. The molecule has 1 aliphatic carbocycles. The Kier molecular flexibility index (Phi) is 6.76. The van der Waals surface area contributed by atoms with Gasteiger partial charge in [0.1, 0.15) is 0 Å². The summed E-state index contributed by atoms with van der Waals surface area (Å²) in [6, 6.07) is 9.31. The molecule has 0 radical (unpaired) electrons. The first kappa shape index (κ1) is 16.5. The minimum Gasteiger partial charge on any atom is -0.381 e. The van der Waals surface area contributed by atoms with Crippen LogP contribution in [0.2, 0.25) is 0 Å². The standard InChI is InChI=1S/C20H32O/c1-4-6-8-17-11-14-19(20(15-17)21-3)18-12-9-16(7-5-2)10-13-18/h9-10,12-13,17,19-20H,4-8,11,14-15H2,1-3H3. The van der Waals surface area contributed by atoms with Crippen molar-refractivity contribution in [2.24, 2.45) is 5.92 Å². The fourth-order valence-corrected chi connectivity index (χ4v) is 3.83. The van der Waals surface area contributed by atoms with Crippen LogP contribution in [0.3, 0.4) is 0 Å². The molecule has 21 heavy (non-hydrogen) atoms. The van der Waals surface area contributed by atoms with Gasteiger partial charge in [0.15, 0.2) is 0 Å². The summed E-state index contributed by atoms with van der Waals surface area (Å²) in [5.74, 6) is 1.48. The molecule has 0 aliphatic heterocycles. The normalized spacial score (nSPS) is 26.0. The van der Waals surface area contributed by atoms with Crippen LogP contribution in [0.15, 0.2) is 24.3 Å². The van der Waals surface area contributed by atoms with Crippen molar-refractivity contribution in [3.63, 3.8) is 0 Å². The minimum atomic E-state index is 0.414. The molecule has 0 spiro atoms. The van der Waals surface area contributed by atoms with E-state index in [4.69, 9.17) is 4.74 Å². The van der Waals surface area contributed by atoms with Gasteiger partial charge in [-0.2, -0.15) is 0 Å². The fraction of sp³-hybridized carbons (Fsp3) is 0.700. The first-order chi connectivity index (χ1) is 10.3. The van der Waals surface area contributed by atoms with Gasteiger partial charge in [-0.15, -0.1) is 0 Å². The molecule has 1 heteroatoms. The number of methoxy groups -OCH3 is 1. The summed E-state index contributed by atoms with van der Waals surface area (Å²) in [5.41, 5.74) is 2.95. The summed E-state index contributed by atoms with van der Waals surface area (Å²) in [5, 5.41) is 0. The molecule has 0 aromatic heterocycles. The van der Waals surface area contributed by atoms with Crippen molar-refractivity contribution in [2.75, 3.05) is 7.11 Å². The molecule has 3 unspecified atom stereocenters. The zero-order chi connectivity index (χ0) is 15.1. The lowest BCUT2D eigenvalue weighted by Gasteiger charge is -2.35. The van der Waals surface area contributed by atoms with Gasteiger partial charge in [-0.05, 0) is 42.7 Å². The van der Waals surface area contributed by atoms with Gasteiger partial charge in [-0.1, -0.05) is 63.8 Å². The van der Waals surface area contributed by atoms with Gasteiger partial charge in [0, 0.05) is 13.0 Å². The van der Waals surface area contributed by atoms with Crippen molar-refractivity contribution in [3.05, 3.63) is 35.4 Å². The van der Waals surface area contributed by atoms with Gasteiger partial charge in [0.2, 0.25) is 0 Å². The molecule has 0 amide bonds. The van der Waals surface area contributed by atoms with Crippen LogP contribution in [0.4, 0.5) is 0 Å². The van der Waals surface area contributed by atoms with Gasteiger partial charge >= 0.3 is 0 Å². The van der Waals surface area contributed by atoms with Gasteiger partial charge in [-0.25, -0.2) is 0 Å². The number of rotatable bonds is 7. The second-order valence-electron chi connectivity index (χ2n) is 6.69. The third kappa shape index (κ3) is 4.57. The molecule has 0 N–H and O–H groups in total. The average molecular weight is 288 g/mol. The number of benzene rings is 1. The Morgan fingerprint density at radius 3 is 2.43 bits per heavy atom. The second-order valence-corrected chi connectivity index (χ2v) is 6.69. The minimum absolute atomic E-state index is 0.414. The van der Waals surface area contributed by atoms with Crippen LogP contribution in [-0.2, 0) is 11.2 Å². The Morgan fingerprint density at radius 2 is 1.81 bits per heavy atom. The summed E-state index contributed by atoms with van der Waals surface area (Å²) in [4.78, 5) is 0. The van der Waals surface area contributed by atoms with E-state index >= 15 is 0 Å². The number of hydrogen-bond donors (Lipinski definition) is 0. The van der Waals surface area contributed by atoms with Gasteiger partial charge in [0.05, 0.1) is 6.10 Å². The van der Waals surface area contributed by atoms with Crippen LogP contribution in [0.25, 0.3) is 0 Å². The zero-order valence-electron chi connectivity index (χ0n) is 14.1. The lowest BCUT2D eigenvalue weighted by molar-refractivity contribution is 0.0305. The molecule has 1 saturated carbocycles. The molecular weight excluding hydrogens is 256 g/mol. The molecule has 1 aromatic carbocycles. The van der Waals surface area contributed by atoms with Crippen molar-refractivity contribution in [2.45, 2.75) is 77.2 Å². The third-order valence-electron chi connectivity index (χ3n) is 5.12. The van der Waals surface area contributed by atoms with E-state index in [1.807, 2.05) is 7.11 Å². The molecule has 1 aliphatic rings. The predicted molar refractivity (Wildman–Crippen MR) is 90.8 cm³/mol. The highest BCUT2D eigenvalue weighted by molar-refractivity contribution is 5.27. The van der Waals surface area contributed by atoms with Gasteiger partial charge < -0.3 is 4.74 Å². The van der Waals surface area contributed by atoms with Crippen LogP contribution < -0.4 is 0 Å². The quantitative estimate of drug-likeness (QED) is 0.622. The van der Waals surface area contributed by atoms with Crippen molar-refractivity contribution in [3.8, 4) is 0 Å². The lowest BCUT2D eigenvalue weighted by Crippen LogP contribution is -2.29. The maximum Gasteiger partial charge on any atom is 0.0642 e. The molecule has 1 aromatic rings. The topological polar surface area (TPSA) is 9.23 Å². The lowest BCUT2D eigenvalue weighted by atomic mass is 9.75. The van der Waals surface area contributed by atoms with Crippen LogP contribution in [-0.4, -0.2) is 13.2 Å². The van der Waals surface area contributed by atoms with Crippen LogP contribution in [0.5, 0.6) is 0 Å². The Bertz CT molecular complexity index is 395. The summed E-state index contributed by atoms with van der Waals surface area (Å²) >= 11 is 0. The summed E-state index contributed by atoms with van der Waals surface area (Å²) in [6.45, 7) is 4.53. The monoisotopic (exact) mass is 288 g/mol. The Balaban J connectivity index is 1.98. The SMILES string of the molecule is CCCCC1CCC(c2ccc(CCC)cc2)C(OC)C1. The second kappa shape index (κ2) is 8.58. The number of ether oxygens (including phenoxy) is 1. The molecule has 0 heterocycles. The van der Waals surface area contributed by atoms with Gasteiger partial charge in [-0.3, -0.25) is 0 Å². The molecule has 0 saturated heterocycles. The highest BCUT2D eigenvalue weighted by Gasteiger charge is 2.31. The zero-order valence-corrected chi connectivity index (χ0v) is 14.1. The van der Waals surface area contributed by atoms with Gasteiger partial charge in [0.25, 0.3) is 0 Å². The number of hydrogen-bond acceptors (Lipinski definition) is 1. The molecule has 118 valence electrons. The summed E-state index contributed by atoms with van der Waals surface area (Å²) in [7, 11) is 1.89. The Morgan fingerprint density at radius 1 is 1.05 bits per heavy atom. The first-order valence-corrected chi connectivity index (χ1v) is 8.90. The average Bonchev–Trinajstić information content (AvgIpc) is 2.54. The Hall–Kier alpha value is -0.820. The van der Waals surface area contributed by atoms with Crippen LogP contribution in [0.1, 0.15) is 75.8 Å². The van der Waals surface area contributed by atoms with E-state index in [9.17, 15) is 0 Å². The van der Waals surface area contributed by atoms with E-state index < -0.39 is 0 Å². The molecule has 3 atom stereocenters. The van der Waals surface area contributed by atoms with Crippen molar-refractivity contribution < 1.29 is 4.74 Å².